The molecule has 0 unspecified atom stereocenters. The van der Waals surface area contributed by atoms with Crippen molar-refractivity contribution in [3.63, 3.8) is 0 Å². The molecule has 0 atom stereocenters. The molecule has 0 radical (unpaired) electrons. The molecule has 0 bridgehead atoms. The molecule has 3 rings (SSSR count). The van der Waals surface area contributed by atoms with Crippen molar-refractivity contribution >= 4 is 39.0 Å². The Bertz CT molecular complexity index is 1100. The van der Waals surface area contributed by atoms with Crippen LogP contribution in [0.25, 0.3) is 11.0 Å². The van der Waals surface area contributed by atoms with Crippen molar-refractivity contribution < 1.29 is 19.4 Å². The average Bonchev–Trinajstić information content (AvgIpc) is 2.58. The SMILES string of the molecule is Cc1cc(=O)oc2c(C=NNC(=O)c3cc(Br)ccc3O)c(O)ccc12. The van der Waals surface area contributed by atoms with Crippen molar-refractivity contribution in [1.29, 1.82) is 0 Å². The number of hydrazone groups is 1. The smallest absolute Gasteiger partial charge is 0.336 e. The van der Waals surface area contributed by atoms with Crippen molar-refractivity contribution in [2.45, 2.75) is 6.92 Å². The van der Waals surface area contributed by atoms with E-state index in [2.05, 4.69) is 26.5 Å². The quantitative estimate of drug-likeness (QED) is 0.345. The summed E-state index contributed by atoms with van der Waals surface area (Å²) in [5.74, 6) is -0.998. The lowest BCUT2D eigenvalue weighted by molar-refractivity contribution is 0.0952. The Morgan fingerprint density at radius 2 is 1.92 bits per heavy atom. The maximum atomic E-state index is 12.1. The van der Waals surface area contributed by atoms with E-state index in [1.807, 2.05) is 0 Å². The van der Waals surface area contributed by atoms with E-state index in [9.17, 15) is 19.8 Å². The first-order chi connectivity index (χ1) is 12.4. The van der Waals surface area contributed by atoms with Crippen molar-refractivity contribution in [2.24, 2.45) is 5.10 Å². The van der Waals surface area contributed by atoms with E-state index in [0.29, 0.717) is 15.4 Å². The first-order valence-electron chi connectivity index (χ1n) is 7.45. The van der Waals surface area contributed by atoms with Crippen molar-refractivity contribution in [3.8, 4) is 11.5 Å². The monoisotopic (exact) mass is 416 g/mol. The van der Waals surface area contributed by atoms with Crippen LogP contribution in [0.1, 0.15) is 21.5 Å². The van der Waals surface area contributed by atoms with Crippen molar-refractivity contribution in [3.05, 3.63) is 68.0 Å². The van der Waals surface area contributed by atoms with E-state index in [1.54, 1.807) is 19.1 Å². The zero-order valence-electron chi connectivity index (χ0n) is 13.5. The van der Waals surface area contributed by atoms with Gasteiger partial charge in [0.2, 0.25) is 0 Å². The predicted molar refractivity (Wildman–Crippen MR) is 99.8 cm³/mol. The van der Waals surface area contributed by atoms with Crippen LogP contribution in [0.4, 0.5) is 0 Å². The van der Waals surface area contributed by atoms with E-state index in [-0.39, 0.29) is 28.2 Å². The summed E-state index contributed by atoms with van der Waals surface area (Å²) < 4.78 is 5.78. The van der Waals surface area contributed by atoms with E-state index in [1.165, 1.54) is 30.5 Å². The van der Waals surface area contributed by atoms with E-state index < -0.39 is 11.5 Å². The number of halogens is 1. The minimum absolute atomic E-state index is 0.0287. The van der Waals surface area contributed by atoms with Crippen LogP contribution in [-0.4, -0.2) is 22.3 Å². The summed E-state index contributed by atoms with van der Waals surface area (Å²) in [5.41, 5.74) is 2.74. The fourth-order valence-electron chi connectivity index (χ4n) is 2.42. The molecule has 3 N–H and O–H groups in total. The Morgan fingerprint density at radius 3 is 2.69 bits per heavy atom. The van der Waals surface area contributed by atoms with Crippen LogP contribution in [0.3, 0.4) is 0 Å². The van der Waals surface area contributed by atoms with Gasteiger partial charge in [-0.05, 0) is 42.8 Å². The molecule has 0 saturated heterocycles. The second kappa shape index (κ2) is 7.01. The molecule has 8 heteroatoms. The topological polar surface area (TPSA) is 112 Å². The summed E-state index contributed by atoms with van der Waals surface area (Å²) in [6.45, 7) is 1.75. The Hall–Kier alpha value is -3.13. The third-order valence-corrected chi connectivity index (χ3v) is 4.19. The zero-order valence-corrected chi connectivity index (χ0v) is 15.1. The van der Waals surface area contributed by atoms with Gasteiger partial charge in [0.05, 0.1) is 17.3 Å². The fourth-order valence-corrected chi connectivity index (χ4v) is 2.79. The number of carbonyl (C=O) groups is 1. The van der Waals surface area contributed by atoms with Gasteiger partial charge in [-0.3, -0.25) is 4.79 Å². The van der Waals surface area contributed by atoms with Gasteiger partial charge in [-0.15, -0.1) is 0 Å². The molecule has 0 aliphatic heterocycles. The third kappa shape index (κ3) is 3.45. The predicted octanol–water partition coefficient (Wildman–Crippen LogP) is 3.04. The standard InChI is InChI=1S/C18H13BrN2O5/c1-9-6-16(24)26-17-11(9)3-5-15(23)13(17)8-20-21-18(25)12-7-10(19)2-4-14(12)22/h2-8,22-23H,1H3,(H,21,25). The van der Waals surface area contributed by atoms with Gasteiger partial charge >= 0.3 is 5.63 Å². The average molecular weight is 417 g/mol. The molecule has 0 saturated carbocycles. The third-order valence-electron chi connectivity index (χ3n) is 3.70. The number of aromatic hydroxyl groups is 2. The van der Waals surface area contributed by atoms with Gasteiger partial charge in [-0.1, -0.05) is 15.9 Å². The van der Waals surface area contributed by atoms with Crippen LogP contribution in [-0.2, 0) is 0 Å². The van der Waals surface area contributed by atoms with Gasteiger partial charge in [0.15, 0.2) is 5.58 Å². The lowest BCUT2D eigenvalue weighted by atomic mass is 10.1. The molecule has 0 spiro atoms. The number of carbonyl (C=O) groups excluding carboxylic acids is 1. The summed E-state index contributed by atoms with van der Waals surface area (Å²) in [5, 5.41) is 24.2. The van der Waals surface area contributed by atoms with E-state index in [0.717, 1.165) is 0 Å². The van der Waals surface area contributed by atoms with Crippen LogP contribution in [0.5, 0.6) is 11.5 Å². The second-order valence-corrected chi connectivity index (χ2v) is 6.40. The summed E-state index contributed by atoms with van der Waals surface area (Å²) in [7, 11) is 0. The van der Waals surface area contributed by atoms with Gasteiger partial charge in [0.25, 0.3) is 5.91 Å². The summed E-state index contributed by atoms with van der Waals surface area (Å²) in [4.78, 5) is 23.7. The Kier molecular flexibility index (Phi) is 4.77. The summed E-state index contributed by atoms with van der Waals surface area (Å²) >= 11 is 3.22. The van der Waals surface area contributed by atoms with Crippen LogP contribution < -0.4 is 11.1 Å². The molecule has 1 heterocycles. The van der Waals surface area contributed by atoms with Crippen LogP contribution in [0, 0.1) is 6.92 Å². The maximum absolute atomic E-state index is 12.1. The first kappa shape index (κ1) is 17.7. The molecule has 0 fully saturated rings. The Balaban J connectivity index is 1.94. The van der Waals surface area contributed by atoms with Crippen LogP contribution in [0.15, 0.2) is 55.2 Å². The summed E-state index contributed by atoms with van der Waals surface area (Å²) in [6.07, 6.45) is 1.17. The molecule has 0 aliphatic carbocycles. The highest BCUT2D eigenvalue weighted by molar-refractivity contribution is 9.10. The van der Waals surface area contributed by atoms with Crippen LogP contribution in [0.2, 0.25) is 0 Å². The Labute approximate surface area is 155 Å². The number of nitrogens with zero attached hydrogens (tertiary/aromatic N) is 1. The molecule has 3 aromatic rings. The number of phenols is 2. The molecular weight excluding hydrogens is 404 g/mol. The molecule has 1 amide bonds. The number of nitrogens with one attached hydrogen (secondary N) is 1. The van der Waals surface area contributed by atoms with Crippen LogP contribution >= 0.6 is 15.9 Å². The number of aryl methyl sites for hydroxylation is 1. The molecule has 2 aromatic carbocycles. The number of hydrogen-bond acceptors (Lipinski definition) is 6. The fraction of sp³-hybridized carbons (Fsp3) is 0.0556. The van der Waals surface area contributed by atoms with Gasteiger partial charge in [0, 0.05) is 15.9 Å². The lowest BCUT2D eigenvalue weighted by Gasteiger charge is -2.06. The summed E-state index contributed by atoms with van der Waals surface area (Å²) in [6, 6.07) is 8.82. The number of phenolic OH excluding ortho intramolecular Hbond substituents is 2. The lowest BCUT2D eigenvalue weighted by Crippen LogP contribution is -2.17. The van der Waals surface area contributed by atoms with Gasteiger partial charge in [-0.25, -0.2) is 10.2 Å². The number of fused-ring (bicyclic) bond motifs is 1. The maximum Gasteiger partial charge on any atom is 0.336 e. The highest BCUT2D eigenvalue weighted by Crippen LogP contribution is 2.26. The minimum Gasteiger partial charge on any atom is -0.507 e. The highest BCUT2D eigenvalue weighted by atomic mass is 79.9. The number of rotatable bonds is 3. The van der Waals surface area contributed by atoms with Crippen molar-refractivity contribution in [2.75, 3.05) is 0 Å². The van der Waals surface area contributed by atoms with Crippen molar-refractivity contribution in [1.82, 2.24) is 5.43 Å². The molecule has 132 valence electrons. The highest BCUT2D eigenvalue weighted by Gasteiger charge is 2.13. The Morgan fingerprint density at radius 1 is 1.19 bits per heavy atom. The van der Waals surface area contributed by atoms with Gasteiger partial charge in [0.1, 0.15) is 11.5 Å². The molecule has 7 nitrogen and oxygen atoms in total. The number of amides is 1. The first-order valence-corrected chi connectivity index (χ1v) is 8.24. The number of hydrogen-bond donors (Lipinski definition) is 3. The molecule has 0 aliphatic rings. The normalized spacial score (nSPS) is 11.2. The number of benzene rings is 2. The van der Waals surface area contributed by atoms with E-state index in [4.69, 9.17) is 4.42 Å². The second-order valence-electron chi connectivity index (χ2n) is 5.48. The minimum atomic E-state index is -0.641. The molecular formula is C18H13BrN2O5. The molecule has 26 heavy (non-hydrogen) atoms. The van der Waals surface area contributed by atoms with E-state index >= 15 is 0 Å². The molecule has 1 aromatic heterocycles. The van der Waals surface area contributed by atoms with Gasteiger partial charge < -0.3 is 14.6 Å². The largest absolute Gasteiger partial charge is 0.507 e. The van der Waals surface area contributed by atoms with Gasteiger partial charge in [-0.2, -0.15) is 5.10 Å². The zero-order chi connectivity index (χ0) is 18.8.